The van der Waals surface area contributed by atoms with E-state index in [0.29, 0.717) is 0 Å². The normalized spacial score (nSPS) is 32.6. The average molecular weight is 202 g/mol. The molecule has 0 aromatic heterocycles. The van der Waals surface area contributed by atoms with Crippen molar-refractivity contribution in [1.29, 1.82) is 0 Å². The fraction of sp³-hybridized carbons (Fsp3) is 1.00. The van der Waals surface area contributed by atoms with Gasteiger partial charge in [0.25, 0.3) is 0 Å². The zero-order chi connectivity index (χ0) is 11.4. The van der Waals surface area contributed by atoms with Crippen molar-refractivity contribution in [3.05, 3.63) is 0 Å². The van der Waals surface area contributed by atoms with E-state index in [-0.39, 0.29) is 0 Å². The van der Waals surface area contributed by atoms with E-state index >= 15 is 0 Å². The molecule has 1 fully saturated rings. The Morgan fingerprint density at radius 1 is 0.643 bits per heavy atom. The molecule has 0 amide bonds. The molecular formula is C10H22N2O2. The highest BCUT2D eigenvalue weighted by molar-refractivity contribution is 5.03. The minimum absolute atomic E-state index is 0.418. The van der Waals surface area contributed by atoms with Crippen LogP contribution >= 0.6 is 0 Å². The Kier molecular flexibility index (Phi) is 2.29. The lowest BCUT2D eigenvalue weighted by molar-refractivity contribution is -0.362. The highest BCUT2D eigenvalue weighted by Gasteiger charge is 2.57. The fourth-order valence-electron chi connectivity index (χ4n) is 1.51. The van der Waals surface area contributed by atoms with E-state index < -0.39 is 22.7 Å². The molecule has 0 bridgehead atoms. The third-order valence-electron chi connectivity index (χ3n) is 3.33. The van der Waals surface area contributed by atoms with Crippen LogP contribution in [-0.4, -0.2) is 22.7 Å². The number of nitrogens with two attached hydrogens (primary N) is 2. The van der Waals surface area contributed by atoms with Crippen LogP contribution in [0.15, 0.2) is 0 Å². The number of rotatable bonds is 0. The predicted molar refractivity (Wildman–Crippen MR) is 55.5 cm³/mol. The maximum absolute atomic E-state index is 5.92. The van der Waals surface area contributed by atoms with Crippen molar-refractivity contribution in [2.75, 3.05) is 0 Å². The summed E-state index contributed by atoms with van der Waals surface area (Å²) in [6.45, 7) is 11.5. The summed E-state index contributed by atoms with van der Waals surface area (Å²) in [6.07, 6.45) is 0. The molecule has 0 atom stereocenters. The Morgan fingerprint density at radius 3 is 1.36 bits per heavy atom. The van der Waals surface area contributed by atoms with Gasteiger partial charge in [0.2, 0.25) is 0 Å². The fourth-order valence-corrected chi connectivity index (χ4v) is 1.51. The van der Waals surface area contributed by atoms with Crippen molar-refractivity contribution in [1.82, 2.24) is 0 Å². The van der Waals surface area contributed by atoms with Crippen LogP contribution in [-0.2, 0) is 9.47 Å². The summed E-state index contributed by atoms with van der Waals surface area (Å²) in [6, 6.07) is 0. The quantitative estimate of drug-likeness (QED) is 0.573. The summed E-state index contributed by atoms with van der Waals surface area (Å²) in [4.78, 5) is 0. The van der Waals surface area contributed by atoms with Gasteiger partial charge in [0.1, 0.15) is 5.60 Å². The maximum atomic E-state index is 5.92. The molecule has 0 unspecified atom stereocenters. The lowest BCUT2D eigenvalue weighted by Gasteiger charge is -2.58. The number of ether oxygens (including phenoxy) is 2. The van der Waals surface area contributed by atoms with Gasteiger partial charge < -0.3 is 9.47 Å². The first kappa shape index (κ1) is 11.9. The van der Waals surface area contributed by atoms with Crippen LogP contribution in [0.4, 0.5) is 0 Å². The van der Waals surface area contributed by atoms with E-state index in [4.69, 9.17) is 20.9 Å². The monoisotopic (exact) mass is 202 g/mol. The first-order valence-electron chi connectivity index (χ1n) is 4.89. The Hall–Kier alpha value is -0.160. The van der Waals surface area contributed by atoms with Gasteiger partial charge >= 0.3 is 0 Å². The lowest BCUT2D eigenvalue weighted by Crippen LogP contribution is -2.77. The molecular weight excluding hydrogens is 180 g/mol. The van der Waals surface area contributed by atoms with Crippen LogP contribution in [0.2, 0.25) is 0 Å². The lowest BCUT2D eigenvalue weighted by atomic mass is 9.84. The van der Waals surface area contributed by atoms with E-state index in [1.54, 1.807) is 0 Å². The van der Waals surface area contributed by atoms with Gasteiger partial charge in [-0.2, -0.15) is 0 Å². The van der Waals surface area contributed by atoms with E-state index in [2.05, 4.69) is 0 Å². The second kappa shape index (κ2) is 2.70. The maximum Gasteiger partial charge on any atom is 0.199 e. The topological polar surface area (TPSA) is 70.5 Å². The second-order valence-corrected chi connectivity index (χ2v) is 5.53. The number of hydrogen-bond donors (Lipinski definition) is 2. The average Bonchev–Trinajstić information content (AvgIpc) is 1.78. The molecule has 14 heavy (non-hydrogen) atoms. The molecule has 0 saturated carbocycles. The molecule has 4 heteroatoms. The predicted octanol–water partition coefficient (Wildman–Crippen LogP) is 0.940. The van der Waals surface area contributed by atoms with Crippen LogP contribution in [0.3, 0.4) is 0 Å². The Morgan fingerprint density at radius 2 is 1.00 bits per heavy atom. The van der Waals surface area contributed by atoms with E-state index in [1.165, 1.54) is 0 Å². The van der Waals surface area contributed by atoms with Crippen molar-refractivity contribution in [3.8, 4) is 0 Å². The van der Waals surface area contributed by atoms with Crippen molar-refractivity contribution in [2.24, 2.45) is 11.5 Å². The molecule has 1 saturated heterocycles. The minimum atomic E-state index is -1.26. The van der Waals surface area contributed by atoms with Crippen LogP contribution in [0, 0.1) is 0 Å². The van der Waals surface area contributed by atoms with Gasteiger partial charge in [-0.05, 0) is 41.5 Å². The van der Waals surface area contributed by atoms with Gasteiger partial charge in [0, 0.05) is 0 Å². The Bertz CT molecular complexity index is 195. The minimum Gasteiger partial charge on any atom is -0.361 e. The summed E-state index contributed by atoms with van der Waals surface area (Å²) >= 11 is 0. The standard InChI is InChI=1S/C10H22N2O2/c1-7(2)8(3,4)14-10(11,12)9(5,6)13-7/h11-12H2,1-6H3. The summed E-state index contributed by atoms with van der Waals surface area (Å²) < 4.78 is 11.6. The molecule has 0 radical (unpaired) electrons. The molecule has 0 spiro atoms. The Labute approximate surface area is 85.9 Å². The molecule has 84 valence electrons. The van der Waals surface area contributed by atoms with E-state index in [1.807, 2.05) is 41.5 Å². The molecule has 0 aromatic carbocycles. The van der Waals surface area contributed by atoms with Gasteiger partial charge in [-0.1, -0.05) is 0 Å². The van der Waals surface area contributed by atoms with Gasteiger partial charge in [-0.15, -0.1) is 0 Å². The Balaban J connectivity index is 3.07. The molecule has 4 nitrogen and oxygen atoms in total. The van der Waals surface area contributed by atoms with Crippen LogP contribution in [0.1, 0.15) is 41.5 Å². The molecule has 0 aliphatic carbocycles. The molecule has 0 aromatic rings. The molecule has 4 N–H and O–H groups in total. The first-order chi connectivity index (χ1) is 5.91. The largest absolute Gasteiger partial charge is 0.361 e. The third kappa shape index (κ3) is 1.56. The van der Waals surface area contributed by atoms with Crippen LogP contribution < -0.4 is 11.5 Å². The summed E-state index contributed by atoms with van der Waals surface area (Å²) in [7, 11) is 0. The van der Waals surface area contributed by atoms with Crippen molar-refractivity contribution in [2.45, 2.75) is 64.2 Å². The summed E-state index contributed by atoms with van der Waals surface area (Å²) in [5, 5.41) is 0. The second-order valence-electron chi connectivity index (χ2n) is 5.53. The van der Waals surface area contributed by atoms with Gasteiger partial charge in [0.15, 0.2) is 5.85 Å². The van der Waals surface area contributed by atoms with Gasteiger partial charge in [-0.25, -0.2) is 0 Å². The third-order valence-corrected chi connectivity index (χ3v) is 3.33. The van der Waals surface area contributed by atoms with Gasteiger partial charge in [-0.3, -0.25) is 11.5 Å². The highest BCUT2D eigenvalue weighted by atomic mass is 16.6. The number of hydrogen-bond acceptors (Lipinski definition) is 4. The van der Waals surface area contributed by atoms with Crippen LogP contribution in [0.25, 0.3) is 0 Å². The van der Waals surface area contributed by atoms with E-state index in [0.717, 1.165) is 0 Å². The van der Waals surface area contributed by atoms with Crippen molar-refractivity contribution >= 4 is 0 Å². The molecule has 1 heterocycles. The van der Waals surface area contributed by atoms with Crippen molar-refractivity contribution in [3.63, 3.8) is 0 Å². The van der Waals surface area contributed by atoms with Crippen LogP contribution in [0.5, 0.6) is 0 Å². The van der Waals surface area contributed by atoms with Crippen molar-refractivity contribution < 1.29 is 9.47 Å². The molecule has 1 rings (SSSR count). The molecule has 1 aliphatic rings. The smallest absolute Gasteiger partial charge is 0.199 e. The molecule has 1 aliphatic heterocycles. The first-order valence-corrected chi connectivity index (χ1v) is 4.89. The highest BCUT2D eigenvalue weighted by Crippen LogP contribution is 2.42. The zero-order valence-corrected chi connectivity index (χ0v) is 9.97. The SMILES string of the molecule is CC1(C)OC(C)(C)C(N)(N)OC1(C)C. The van der Waals surface area contributed by atoms with E-state index in [9.17, 15) is 0 Å². The zero-order valence-electron chi connectivity index (χ0n) is 9.97. The van der Waals surface area contributed by atoms with Gasteiger partial charge in [0.05, 0.1) is 11.2 Å². The summed E-state index contributed by atoms with van der Waals surface area (Å²) in [5.74, 6) is -1.26. The summed E-state index contributed by atoms with van der Waals surface area (Å²) in [5.41, 5.74) is 10.1.